The molecule has 4 rings (SSSR count). The van der Waals surface area contributed by atoms with Crippen molar-refractivity contribution in [1.82, 2.24) is 9.55 Å². The Labute approximate surface area is 194 Å². The molecule has 0 aliphatic heterocycles. The highest BCUT2D eigenvalue weighted by atomic mass is 35.5. The Morgan fingerprint density at radius 1 is 1.06 bits per heavy atom. The molecule has 0 radical (unpaired) electrons. The molecule has 0 atom stereocenters. The number of hydrogen-bond acceptors (Lipinski definition) is 4. The van der Waals surface area contributed by atoms with E-state index in [0.29, 0.717) is 34.0 Å². The van der Waals surface area contributed by atoms with Gasteiger partial charge in [0.15, 0.2) is 0 Å². The third kappa shape index (κ3) is 4.49. The number of ketones is 1. The Kier molecular flexibility index (Phi) is 6.24. The Balaban J connectivity index is 1.73. The highest BCUT2D eigenvalue weighted by molar-refractivity contribution is 6.52. The molecule has 2 heterocycles. The van der Waals surface area contributed by atoms with E-state index in [1.807, 2.05) is 35.8 Å². The molecule has 2 aromatic heterocycles. The van der Waals surface area contributed by atoms with Gasteiger partial charge in [-0.25, -0.2) is 9.69 Å². The number of amides is 2. The van der Waals surface area contributed by atoms with Crippen LogP contribution in [0.1, 0.15) is 28.5 Å². The zero-order valence-corrected chi connectivity index (χ0v) is 18.5. The summed E-state index contributed by atoms with van der Waals surface area (Å²) in [6, 6.07) is 17.4. The smallest absolute Gasteiger partial charge is 0.419 e. The Hall–Kier alpha value is -3.97. The lowest BCUT2D eigenvalue weighted by Gasteiger charge is -2.17. The van der Waals surface area contributed by atoms with E-state index >= 15 is 0 Å². The molecule has 2 amide bonds. The molecule has 8 heteroatoms. The molecular formula is C25H20ClN3O4. The summed E-state index contributed by atoms with van der Waals surface area (Å²) in [5.41, 5.74) is 2.54. The monoisotopic (exact) mass is 461 g/mol. The number of carbonyl (C=O) groups excluding carboxylic acids is 2. The number of fused-ring (bicyclic) bond motifs is 1. The van der Waals surface area contributed by atoms with Gasteiger partial charge in [-0.05, 0) is 42.3 Å². The number of hydrogen-bond donors (Lipinski definition) is 1. The summed E-state index contributed by atoms with van der Waals surface area (Å²) in [6.45, 7) is 2.31. The maximum atomic E-state index is 13.2. The van der Waals surface area contributed by atoms with Crippen LogP contribution < -0.4 is 4.90 Å². The second-order valence-electron chi connectivity index (χ2n) is 7.43. The van der Waals surface area contributed by atoms with Crippen molar-refractivity contribution in [3.8, 4) is 0 Å². The molecule has 166 valence electrons. The van der Waals surface area contributed by atoms with Crippen LogP contribution in [0.15, 0.2) is 73.1 Å². The number of Topliss-reactive ketones (excluding diaryl/α,β-unsaturated/α-hetero) is 1. The molecule has 0 saturated carbocycles. The van der Waals surface area contributed by atoms with E-state index < -0.39 is 17.8 Å². The number of rotatable bonds is 6. The number of pyridine rings is 1. The van der Waals surface area contributed by atoms with Crippen molar-refractivity contribution in [2.24, 2.45) is 0 Å². The molecule has 0 unspecified atom stereocenters. The predicted molar refractivity (Wildman–Crippen MR) is 126 cm³/mol. The molecule has 2 aromatic carbocycles. The standard InChI is InChI=1S/C25H20ClN3O4/c1-2-18-13-19(11-12-27-18)29(25(32)33)24(31)23(30)21-15-28(22-6-4-3-5-20(21)22)14-16-7-9-17(26)10-8-16/h3-13,15H,2,14H2,1H3,(H,32,33). The molecule has 33 heavy (non-hydrogen) atoms. The molecule has 1 N–H and O–H groups in total. The highest BCUT2D eigenvalue weighted by Gasteiger charge is 2.31. The molecule has 7 nitrogen and oxygen atoms in total. The van der Waals surface area contributed by atoms with E-state index in [-0.39, 0.29) is 11.3 Å². The van der Waals surface area contributed by atoms with E-state index in [2.05, 4.69) is 4.98 Å². The van der Waals surface area contributed by atoms with E-state index in [0.717, 1.165) is 11.1 Å². The van der Waals surface area contributed by atoms with Crippen molar-refractivity contribution in [3.63, 3.8) is 0 Å². The van der Waals surface area contributed by atoms with Crippen molar-refractivity contribution >= 4 is 46.0 Å². The molecule has 0 spiro atoms. The van der Waals surface area contributed by atoms with Crippen LogP contribution in [0.5, 0.6) is 0 Å². The van der Waals surface area contributed by atoms with Gasteiger partial charge in [0, 0.05) is 40.6 Å². The van der Waals surface area contributed by atoms with Crippen LogP contribution in [-0.2, 0) is 17.8 Å². The number of nitrogens with zero attached hydrogens (tertiary/aromatic N) is 3. The van der Waals surface area contributed by atoms with Crippen LogP contribution in [0.25, 0.3) is 10.9 Å². The lowest BCUT2D eigenvalue weighted by Crippen LogP contribution is -2.40. The van der Waals surface area contributed by atoms with Gasteiger partial charge in [0.2, 0.25) is 0 Å². The first-order valence-corrected chi connectivity index (χ1v) is 10.7. The normalized spacial score (nSPS) is 10.8. The summed E-state index contributed by atoms with van der Waals surface area (Å²) >= 11 is 5.97. The molecule has 0 saturated heterocycles. The first-order valence-electron chi connectivity index (χ1n) is 10.3. The maximum Gasteiger partial charge on any atom is 0.419 e. The van der Waals surface area contributed by atoms with Crippen molar-refractivity contribution in [1.29, 1.82) is 0 Å². The van der Waals surface area contributed by atoms with Crippen LogP contribution in [0.4, 0.5) is 10.5 Å². The summed E-state index contributed by atoms with van der Waals surface area (Å²) < 4.78 is 1.85. The van der Waals surface area contributed by atoms with Gasteiger partial charge in [0.1, 0.15) is 0 Å². The number of anilines is 1. The molecule has 0 aliphatic rings. The fourth-order valence-electron chi connectivity index (χ4n) is 3.67. The van der Waals surface area contributed by atoms with Gasteiger partial charge in [-0.3, -0.25) is 14.6 Å². The minimum absolute atomic E-state index is 0.0811. The van der Waals surface area contributed by atoms with Crippen molar-refractivity contribution in [2.45, 2.75) is 19.9 Å². The van der Waals surface area contributed by atoms with Crippen LogP contribution in [-0.4, -0.2) is 32.4 Å². The number of aryl methyl sites for hydroxylation is 1. The quantitative estimate of drug-likeness (QED) is 0.315. The first-order chi connectivity index (χ1) is 15.9. The topological polar surface area (TPSA) is 92.5 Å². The van der Waals surface area contributed by atoms with Gasteiger partial charge in [0.05, 0.1) is 11.3 Å². The van der Waals surface area contributed by atoms with Crippen LogP contribution in [0, 0.1) is 0 Å². The van der Waals surface area contributed by atoms with Gasteiger partial charge in [-0.2, -0.15) is 0 Å². The van der Waals surface area contributed by atoms with Crippen molar-refractivity contribution < 1.29 is 19.5 Å². The van der Waals surface area contributed by atoms with E-state index in [9.17, 15) is 19.5 Å². The maximum absolute atomic E-state index is 13.2. The summed E-state index contributed by atoms with van der Waals surface area (Å²) in [7, 11) is 0. The summed E-state index contributed by atoms with van der Waals surface area (Å²) in [5.74, 6) is -2.05. The van der Waals surface area contributed by atoms with E-state index in [4.69, 9.17) is 11.6 Å². The third-order valence-electron chi connectivity index (χ3n) is 5.31. The molecule has 0 aliphatic carbocycles. The van der Waals surface area contributed by atoms with Crippen LogP contribution in [0.3, 0.4) is 0 Å². The van der Waals surface area contributed by atoms with E-state index in [1.54, 1.807) is 30.5 Å². The van der Waals surface area contributed by atoms with Gasteiger partial charge in [0.25, 0.3) is 5.78 Å². The largest absolute Gasteiger partial charge is 0.464 e. The zero-order chi connectivity index (χ0) is 23.5. The average Bonchev–Trinajstić information content (AvgIpc) is 3.18. The summed E-state index contributed by atoms with van der Waals surface area (Å²) in [6.07, 6.45) is 2.02. The van der Waals surface area contributed by atoms with Gasteiger partial charge < -0.3 is 9.67 Å². The average molecular weight is 462 g/mol. The lowest BCUT2D eigenvalue weighted by molar-refractivity contribution is -0.114. The number of imide groups is 1. The van der Waals surface area contributed by atoms with E-state index in [1.165, 1.54) is 18.3 Å². The Bertz CT molecular complexity index is 1360. The number of benzene rings is 2. The predicted octanol–water partition coefficient (Wildman–Crippen LogP) is 5.19. The molecule has 4 aromatic rings. The van der Waals surface area contributed by atoms with Crippen molar-refractivity contribution in [3.05, 3.63) is 94.9 Å². The Morgan fingerprint density at radius 3 is 2.48 bits per heavy atom. The summed E-state index contributed by atoms with van der Waals surface area (Å²) in [5, 5.41) is 10.9. The summed E-state index contributed by atoms with van der Waals surface area (Å²) in [4.78, 5) is 42.8. The van der Waals surface area contributed by atoms with Gasteiger partial charge in [-0.15, -0.1) is 0 Å². The van der Waals surface area contributed by atoms with Crippen LogP contribution in [0.2, 0.25) is 5.02 Å². The fourth-order valence-corrected chi connectivity index (χ4v) is 3.80. The number of para-hydroxylation sites is 1. The first kappa shape index (κ1) is 22.2. The molecule has 0 bridgehead atoms. The van der Waals surface area contributed by atoms with Gasteiger partial charge in [-0.1, -0.05) is 48.9 Å². The third-order valence-corrected chi connectivity index (χ3v) is 5.56. The second-order valence-corrected chi connectivity index (χ2v) is 7.86. The highest BCUT2D eigenvalue weighted by Crippen LogP contribution is 2.25. The Morgan fingerprint density at radius 2 is 1.79 bits per heavy atom. The molecule has 0 fully saturated rings. The minimum atomic E-state index is -1.54. The SMILES string of the molecule is CCc1cc(N(C(=O)O)C(=O)C(=O)c2cn(Cc3ccc(Cl)cc3)c3ccccc23)ccn1. The lowest BCUT2D eigenvalue weighted by atomic mass is 10.1. The minimum Gasteiger partial charge on any atom is -0.464 e. The number of halogens is 1. The number of aromatic nitrogens is 2. The van der Waals surface area contributed by atoms with Crippen LogP contribution >= 0.6 is 11.6 Å². The number of carboxylic acid groups (broad SMARTS) is 1. The van der Waals surface area contributed by atoms with Crippen molar-refractivity contribution in [2.75, 3.05) is 4.90 Å². The van der Waals surface area contributed by atoms with Gasteiger partial charge >= 0.3 is 12.0 Å². The number of carbonyl (C=O) groups is 3. The fraction of sp³-hybridized carbons (Fsp3) is 0.120. The second kappa shape index (κ2) is 9.26. The molecular weight excluding hydrogens is 442 g/mol. The zero-order valence-electron chi connectivity index (χ0n) is 17.7.